The molecule has 0 amide bonds. The van der Waals surface area contributed by atoms with Crippen LogP contribution in [0.25, 0.3) is 0 Å². The van der Waals surface area contributed by atoms with Gasteiger partial charge in [-0.25, -0.2) is 0 Å². The average molecular weight is 269 g/mol. The molecule has 0 saturated carbocycles. The summed E-state index contributed by atoms with van der Waals surface area (Å²) < 4.78 is 0.912. The molecule has 0 aliphatic rings. The third kappa shape index (κ3) is 3.78. The lowest BCUT2D eigenvalue weighted by atomic mass is 10.0. The van der Waals surface area contributed by atoms with E-state index in [-0.39, 0.29) is 5.78 Å². The molecule has 0 aliphatic carbocycles. The molecular weight excluding hydrogens is 252 g/mol. The molecule has 15 heavy (non-hydrogen) atoms. The number of carbonyl (C=O) groups is 1. The standard InChI is InChI=1S/C13H17BrO/c1-3-4-5-6-13(15)11-9-10(2)7-8-12(11)14/h7-9H,3-6H2,1-2H3. The van der Waals surface area contributed by atoms with E-state index in [4.69, 9.17) is 0 Å². The molecule has 0 aliphatic heterocycles. The SMILES string of the molecule is CCCCCC(=O)c1cc(C)ccc1Br. The number of benzene rings is 1. The first-order valence-corrected chi connectivity index (χ1v) is 6.23. The quantitative estimate of drug-likeness (QED) is 0.567. The van der Waals surface area contributed by atoms with Crippen molar-refractivity contribution in [1.82, 2.24) is 0 Å². The van der Waals surface area contributed by atoms with Gasteiger partial charge in [-0.15, -0.1) is 0 Å². The number of rotatable bonds is 5. The highest BCUT2D eigenvalue weighted by Crippen LogP contribution is 2.20. The number of Topliss-reactive ketones (excluding diaryl/α,β-unsaturated/α-hetero) is 1. The van der Waals surface area contributed by atoms with Crippen LogP contribution >= 0.6 is 15.9 Å². The van der Waals surface area contributed by atoms with E-state index in [0.29, 0.717) is 6.42 Å². The number of hydrogen-bond acceptors (Lipinski definition) is 1. The second-order valence-corrected chi connectivity index (χ2v) is 4.72. The molecule has 0 unspecified atom stereocenters. The van der Waals surface area contributed by atoms with E-state index in [2.05, 4.69) is 22.9 Å². The molecule has 0 fully saturated rings. The Morgan fingerprint density at radius 1 is 1.33 bits per heavy atom. The summed E-state index contributed by atoms with van der Waals surface area (Å²) in [5.74, 6) is 0.249. The minimum Gasteiger partial charge on any atom is -0.294 e. The van der Waals surface area contributed by atoms with Crippen LogP contribution in [0.5, 0.6) is 0 Å². The van der Waals surface area contributed by atoms with Crippen molar-refractivity contribution in [2.75, 3.05) is 0 Å². The number of halogens is 1. The van der Waals surface area contributed by atoms with Gasteiger partial charge in [-0.2, -0.15) is 0 Å². The summed E-state index contributed by atoms with van der Waals surface area (Å²) in [7, 11) is 0. The maximum Gasteiger partial charge on any atom is 0.164 e. The molecule has 1 rings (SSSR count). The second kappa shape index (κ2) is 6.06. The van der Waals surface area contributed by atoms with Gasteiger partial charge in [-0.3, -0.25) is 4.79 Å². The molecule has 0 aromatic heterocycles. The maximum absolute atomic E-state index is 11.9. The Morgan fingerprint density at radius 3 is 2.73 bits per heavy atom. The van der Waals surface area contributed by atoms with Gasteiger partial charge in [0.05, 0.1) is 0 Å². The first kappa shape index (κ1) is 12.4. The number of hydrogen-bond donors (Lipinski definition) is 0. The number of ketones is 1. The summed E-state index contributed by atoms with van der Waals surface area (Å²) >= 11 is 3.42. The summed E-state index contributed by atoms with van der Waals surface area (Å²) in [6.45, 7) is 4.16. The van der Waals surface area contributed by atoms with Crippen LogP contribution in [0.3, 0.4) is 0 Å². The zero-order chi connectivity index (χ0) is 11.3. The number of carbonyl (C=O) groups excluding carboxylic acids is 1. The Morgan fingerprint density at radius 2 is 2.07 bits per heavy atom. The highest BCUT2D eigenvalue weighted by atomic mass is 79.9. The molecule has 1 aromatic rings. The third-order valence-corrected chi connectivity index (χ3v) is 3.12. The Labute approximate surface area is 100 Å². The first-order chi connectivity index (χ1) is 7.15. The lowest BCUT2D eigenvalue weighted by Gasteiger charge is -2.04. The van der Waals surface area contributed by atoms with Crippen molar-refractivity contribution in [3.05, 3.63) is 33.8 Å². The summed E-state index contributed by atoms with van der Waals surface area (Å²) in [6, 6.07) is 5.91. The highest BCUT2D eigenvalue weighted by Gasteiger charge is 2.09. The second-order valence-electron chi connectivity index (χ2n) is 3.86. The van der Waals surface area contributed by atoms with Gasteiger partial charge in [0.1, 0.15) is 0 Å². The Hall–Kier alpha value is -0.630. The van der Waals surface area contributed by atoms with Gasteiger partial charge in [0.2, 0.25) is 0 Å². The van der Waals surface area contributed by atoms with Gasteiger partial charge < -0.3 is 0 Å². The fraction of sp³-hybridized carbons (Fsp3) is 0.462. The minimum atomic E-state index is 0.249. The van der Waals surface area contributed by atoms with Gasteiger partial charge in [0.25, 0.3) is 0 Å². The molecule has 0 heterocycles. The van der Waals surface area contributed by atoms with Crippen LogP contribution in [-0.2, 0) is 0 Å². The zero-order valence-electron chi connectivity index (χ0n) is 9.35. The van der Waals surface area contributed by atoms with Crippen molar-refractivity contribution in [3.63, 3.8) is 0 Å². The summed E-state index contributed by atoms with van der Waals surface area (Å²) in [5.41, 5.74) is 1.96. The first-order valence-electron chi connectivity index (χ1n) is 5.44. The topological polar surface area (TPSA) is 17.1 Å². The Kier molecular flexibility index (Phi) is 5.03. The minimum absolute atomic E-state index is 0.249. The molecule has 0 bridgehead atoms. The number of aryl methyl sites for hydroxylation is 1. The van der Waals surface area contributed by atoms with Crippen molar-refractivity contribution < 1.29 is 4.79 Å². The normalized spacial score (nSPS) is 10.3. The van der Waals surface area contributed by atoms with Gasteiger partial charge in [-0.1, -0.05) is 47.3 Å². The Balaban J connectivity index is 2.68. The van der Waals surface area contributed by atoms with Gasteiger partial charge >= 0.3 is 0 Å². The highest BCUT2D eigenvalue weighted by molar-refractivity contribution is 9.10. The van der Waals surface area contributed by atoms with E-state index in [9.17, 15) is 4.79 Å². The smallest absolute Gasteiger partial charge is 0.164 e. The molecule has 2 heteroatoms. The molecule has 0 spiro atoms. The molecule has 0 radical (unpaired) electrons. The van der Waals surface area contributed by atoms with Crippen molar-refractivity contribution >= 4 is 21.7 Å². The third-order valence-electron chi connectivity index (χ3n) is 2.43. The van der Waals surface area contributed by atoms with E-state index in [1.165, 1.54) is 0 Å². The largest absolute Gasteiger partial charge is 0.294 e. The van der Waals surface area contributed by atoms with E-state index in [1.54, 1.807) is 0 Å². The zero-order valence-corrected chi connectivity index (χ0v) is 10.9. The summed E-state index contributed by atoms with van der Waals surface area (Å²) in [6.07, 6.45) is 3.95. The lowest BCUT2D eigenvalue weighted by molar-refractivity contribution is 0.0978. The molecule has 0 atom stereocenters. The fourth-order valence-electron chi connectivity index (χ4n) is 1.52. The van der Waals surface area contributed by atoms with Crippen LogP contribution in [0.4, 0.5) is 0 Å². The lowest BCUT2D eigenvalue weighted by Crippen LogP contribution is -2.00. The van der Waals surface area contributed by atoms with Crippen molar-refractivity contribution in [3.8, 4) is 0 Å². The van der Waals surface area contributed by atoms with Gasteiger partial charge in [0.15, 0.2) is 5.78 Å². The molecule has 82 valence electrons. The predicted molar refractivity (Wildman–Crippen MR) is 67.4 cm³/mol. The van der Waals surface area contributed by atoms with Crippen LogP contribution in [0.15, 0.2) is 22.7 Å². The van der Waals surface area contributed by atoms with Crippen LogP contribution in [-0.4, -0.2) is 5.78 Å². The predicted octanol–water partition coefficient (Wildman–Crippen LogP) is 4.52. The number of unbranched alkanes of at least 4 members (excludes halogenated alkanes) is 2. The van der Waals surface area contributed by atoms with E-state index >= 15 is 0 Å². The van der Waals surface area contributed by atoms with Crippen molar-refractivity contribution in [1.29, 1.82) is 0 Å². The van der Waals surface area contributed by atoms with E-state index in [0.717, 1.165) is 34.9 Å². The molecule has 0 saturated heterocycles. The van der Waals surface area contributed by atoms with Gasteiger partial charge in [0, 0.05) is 16.5 Å². The molecule has 1 aromatic carbocycles. The summed E-state index contributed by atoms with van der Waals surface area (Å²) in [4.78, 5) is 11.9. The van der Waals surface area contributed by atoms with Gasteiger partial charge in [-0.05, 0) is 25.5 Å². The van der Waals surface area contributed by atoms with Crippen LogP contribution in [0.1, 0.15) is 48.5 Å². The van der Waals surface area contributed by atoms with E-state index < -0.39 is 0 Å². The molecule has 1 nitrogen and oxygen atoms in total. The monoisotopic (exact) mass is 268 g/mol. The maximum atomic E-state index is 11.9. The molecule has 0 N–H and O–H groups in total. The van der Waals surface area contributed by atoms with Crippen LogP contribution in [0, 0.1) is 6.92 Å². The summed E-state index contributed by atoms with van der Waals surface area (Å²) in [5, 5.41) is 0. The van der Waals surface area contributed by atoms with Crippen LogP contribution < -0.4 is 0 Å². The van der Waals surface area contributed by atoms with Crippen molar-refractivity contribution in [2.45, 2.75) is 39.5 Å². The fourth-order valence-corrected chi connectivity index (χ4v) is 1.99. The van der Waals surface area contributed by atoms with E-state index in [1.807, 2.05) is 25.1 Å². The van der Waals surface area contributed by atoms with Crippen molar-refractivity contribution in [2.24, 2.45) is 0 Å². The molecular formula is C13H17BrO. The van der Waals surface area contributed by atoms with Crippen LogP contribution in [0.2, 0.25) is 0 Å². The average Bonchev–Trinajstić information content (AvgIpc) is 2.22. The Bertz CT molecular complexity index is 344.